The number of fused-ring (bicyclic) bond motifs is 2. The Morgan fingerprint density at radius 1 is 0.826 bits per heavy atom. The van der Waals surface area contributed by atoms with Gasteiger partial charge >= 0.3 is 12.4 Å². The molecule has 6 nitrogen and oxygen atoms in total. The molecule has 2 saturated heterocycles. The molecule has 3 aromatic carbocycles. The van der Waals surface area contributed by atoms with E-state index in [1.807, 2.05) is 60.7 Å². The van der Waals surface area contributed by atoms with Crippen LogP contribution in [-0.2, 0) is 42.3 Å². The minimum Gasteiger partial charge on any atom is -0.371 e. The molecule has 0 N–H and O–H groups in total. The zero-order valence-corrected chi connectivity index (χ0v) is 24.2. The molecule has 0 aliphatic carbocycles. The highest BCUT2D eigenvalue weighted by Gasteiger charge is 2.61. The summed E-state index contributed by atoms with van der Waals surface area (Å²) in [6.45, 7) is -0.793. The van der Waals surface area contributed by atoms with Crippen LogP contribution in [0.15, 0.2) is 78.9 Å². The predicted molar refractivity (Wildman–Crippen MR) is 149 cm³/mol. The second kappa shape index (κ2) is 12.4. The van der Waals surface area contributed by atoms with Crippen LogP contribution in [0.5, 0.6) is 0 Å². The van der Waals surface area contributed by atoms with Crippen molar-refractivity contribution in [2.45, 2.75) is 81.3 Å². The summed E-state index contributed by atoms with van der Waals surface area (Å²) in [7, 11) is 0. The van der Waals surface area contributed by atoms with Crippen LogP contribution in [0.25, 0.3) is 0 Å². The molecule has 46 heavy (non-hydrogen) atoms. The average molecular weight is 652 g/mol. The Kier molecular flexibility index (Phi) is 8.61. The number of piperidine rings is 1. The number of aromatic nitrogens is 4. The molecule has 0 radical (unpaired) electrons. The quantitative estimate of drug-likeness (QED) is 0.175. The zero-order chi connectivity index (χ0) is 32.7. The Balaban J connectivity index is 1.42. The van der Waals surface area contributed by atoms with Crippen LogP contribution in [0.2, 0.25) is 0 Å². The molecule has 4 aromatic rings. The van der Waals surface area contributed by atoms with Gasteiger partial charge in [0.05, 0.1) is 29.4 Å². The Morgan fingerprint density at radius 3 is 2.07 bits per heavy atom. The van der Waals surface area contributed by atoms with Gasteiger partial charge in [0.25, 0.3) is 6.43 Å². The Labute approximate surface area is 259 Å². The summed E-state index contributed by atoms with van der Waals surface area (Å²) in [6, 6.07) is 20.0. The molecular weight excluding hydrogens is 622 g/mol. The first kappa shape index (κ1) is 32.0. The van der Waals surface area contributed by atoms with Gasteiger partial charge in [0.15, 0.2) is 5.82 Å². The third kappa shape index (κ3) is 6.24. The molecule has 0 spiro atoms. The number of ether oxygens (including phenoxy) is 1. The molecule has 2 bridgehead atoms. The lowest BCUT2D eigenvalue weighted by Crippen LogP contribution is -2.56. The summed E-state index contributed by atoms with van der Waals surface area (Å²) >= 11 is 0. The minimum atomic E-state index is -4.99. The SMILES string of the molecule is FC(F)Cn1nnnc1C1CC2(c3ccccc3)C(OCc3cc(C(F)(F)F)cc(C(F)(F)F)c3)CCC1N2Cc1ccccc1. The van der Waals surface area contributed by atoms with Crippen molar-refractivity contribution in [3.05, 3.63) is 113 Å². The largest absolute Gasteiger partial charge is 0.416 e. The van der Waals surface area contributed by atoms with Gasteiger partial charge in [-0.3, -0.25) is 4.90 Å². The van der Waals surface area contributed by atoms with Crippen molar-refractivity contribution >= 4 is 0 Å². The fourth-order valence-electron chi connectivity index (χ4n) is 7.09. The van der Waals surface area contributed by atoms with Gasteiger partial charge in [-0.25, -0.2) is 13.5 Å². The Bertz CT molecular complexity index is 1600. The van der Waals surface area contributed by atoms with Crippen molar-refractivity contribution in [2.75, 3.05) is 0 Å². The van der Waals surface area contributed by atoms with Gasteiger partial charge in [-0.05, 0) is 64.6 Å². The number of hydrogen-bond acceptors (Lipinski definition) is 5. The van der Waals surface area contributed by atoms with Gasteiger partial charge in [0.2, 0.25) is 0 Å². The standard InChI is InChI=1S/C32H29F8N5O/c33-28(34)18-45-29(41-42-43-45)25-16-30(22-9-5-2-6-10-22)27(12-11-26(25)44(30)17-20-7-3-1-4-8-20)46-19-21-13-23(31(35,36)37)15-24(14-21)32(38,39)40/h1-10,13-15,25-28H,11-12,16-19H2. The number of alkyl halides is 8. The first-order valence-corrected chi connectivity index (χ1v) is 14.7. The number of hydrogen-bond donors (Lipinski definition) is 0. The normalized spacial score (nSPS) is 23.7. The van der Waals surface area contributed by atoms with Crippen LogP contribution >= 0.6 is 0 Å². The van der Waals surface area contributed by atoms with Crippen LogP contribution in [0, 0.1) is 0 Å². The lowest BCUT2D eigenvalue weighted by molar-refractivity contribution is -0.143. The highest BCUT2D eigenvalue weighted by molar-refractivity contribution is 5.36. The van der Waals surface area contributed by atoms with E-state index in [0.717, 1.165) is 15.8 Å². The topological polar surface area (TPSA) is 56.1 Å². The van der Waals surface area contributed by atoms with Crippen LogP contribution in [0.1, 0.15) is 58.8 Å². The highest BCUT2D eigenvalue weighted by atomic mass is 19.4. The summed E-state index contributed by atoms with van der Waals surface area (Å²) < 4.78 is 116. The molecule has 0 amide bonds. The van der Waals surface area contributed by atoms with Crippen LogP contribution in [-0.4, -0.2) is 43.7 Å². The van der Waals surface area contributed by atoms with E-state index in [1.54, 1.807) is 0 Å². The highest BCUT2D eigenvalue weighted by Crippen LogP contribution is 2.57. The smallest absolute Gasteiger partial charge is 0.371 e. The van der Waals surface area contributed by atoms with Crippen molar-refractivity contribution in [2.24, 2.45) is 0 Å². The number of benzene rings is 3. The minimum absolute atomic E-state index is 0.0902. The number of tetrazole rings is 1. The first-order chi connectivity index (χ1) is 21.9. The lowest BCUT2D eigenvalue weighted by Gasteiger charge is -2.50. The molecule has 0 saturated carbocycles. The first-order valence-electron chi connectivity index (χ1n) is 14.7. The molecule has 2 aliphatic rings. The summed E-state index contributed by atoms with van der Waals surface area (Å²) in [5.74, 6) is -0.133. The molecule has 3 heterocycles. The Morgan fingerprint density at radius 2 is 1.46 bits per heavy atom. The summed E-state index contributed by atoms with van der Waals surface area (Å²) in [5, 5.41) is 11.6. The predicted octanol–water partition coefficient (Wildman–Crippen LogP) is 7.61. The van der Waals surface area contributed by atoms with E-state index in [2.05, 4.69) is 20.4 Å². The van der Waals surface area contributed by atoms with E-state index in [-0.39, 0.29) is 23.5 Å². The maximum atomic E-state index is 13.6. The van der Waals surface area contributed by atoms with E-state index < -0.39 is 60.6 Å². The zero-order valence-electron chi connectivity index (χ0n) is 24.2. The third-order valence-electron chi connectivity index (χ3n) is 8.94. The molecule has 14 heteroatoms. The lowest BCUT2D eigenvalue weighted by atomic mass is 9.78. The average Bonchev–Trinajstić information content (AvgIpc) is 3.54. The molecular formula is C32H29F8N5O. The Hall–Kier alpha value is -3.91. The van der Waals surface area contributed by atoms with Gasteiger partial charge < -0.3 is 4.74 Å². The number of nitrogens with zero attached hydrogens (tertiary/aromatic N) is 5. The van der Waals surface area contributed by atoms with E-state index in [1.165, 1.54) is 0 Å². The maximum absolute atomic E-state index is 13.6. The van der Waals surface area contributed by atoms with Crippen LogP contribution < -0.4 is 0 Å². The summed E-state index contributed by atoms with van der Waals surface area (Å²) in [6.07, 6.45) is -12.2. The molecule has 4 atom stereocenters. The monoisotopic (exact) mass is 651 g/mol. The van der Waals surface area contributed by atoms with Crippen molar-refractivity contribution < 1.29 is 39.9 Å². The van der Waals surface area contributed by atoms with Gasteiger partial charge in [-0.1, -0.05) is 60.7 Å². The maximum Gasteiger partial charge on any atom is 0.416 e. The van der Waals surface area contributed by atoms with Crippen LogP contribution in [0.4, 0.5) is 35.1 Å². The second-order valence-corrected chi connectivity index (χ2v) is 11.7. The molecule has 2 fully saturated rings. The fraction of sp³-hybridized carbons (Fsp3) is 0.406. The van der Waals surface area contributed by atoms with E-state index in [0.29, 0.717) is 37.9 Å². The van der Waals surface area contributed by atoms with Crippen LogP contribution in [0.3, 0.4) is 0 Å². The molecule has 6 rings (SSSR count). The molecule has 4 unspecified atom stereocenters. The van der Waals surface area contributed by atoms with E-state index >= 15 is 0 Å². The van der Waals surface area contributed by atoms with Gasteiger partial charge in [-0.2, -0.15) is 26.3 Å². The molecule has 1 aromatic heterocycles. The van der Waals surface area contributed by atoms with Gasteiger partial charge in [0, 0.05) is 18.5 Å². The third-order valence-corrected chi connectivity index (χ3v) is 8.94. The van der Waals surface area contributed by atoms with Crippen molar-refractivity contribution in [1.82, 2.24) is 25.1 Å². The van der Waals surface area contributed by atoms with Crippen molar-refractivity contribution in [1.29, 1.82) is 0 Å². The molecule has 244 valence electrons. The van der Waals surface area contributed by atoms with Gasteiger partial charge in [-0.15, -0.1) is 5.10 Å². The molecule has 2 aliphatic heterocycles. The van der Waals surface area contributed by atoms with Crippen molar-refractivity contribution in [3.63, 3.8) is 0 Å². The second-order valence-electron chi connectivity index (χ2n) is 11.7. The van der Waals surface area contributed by atoms with E-state index in [4.69, 9.17) is 4.74 Å². The van der Waals surface area contributed by atoms with Gasteiger partial charge in [0.1, 0.15) is 6.54 Å². The van der Waals surface area contributed by atoms with Crippen molar-refractivity contribution in [3.8, 4) is 0 Å². The fourth-order valence-corrected chi connectivity index (χ4v) is 7.09. The number of halogens is 8. The summed E-state index contributed by atoms with van der Waals surface area (Å²) in [4.78, 5) is 2.21. The van der Waals surface area contributed by atoms with E-state index in [9.17, 15) is 35.1 Å². The summed E-state index contributed by atoms with van der Waals surface area (Å²) in [5.41, 5.74) is -2.27. The number of rotatable bonds is 9.